The molecule has 3 N–H and O–H groups in total. The molecule has 1 heterocycles. The van der Waals surface area contributed by atoms with Crippen molar-refractivity contribution in [1.29, 1.82) is 0 Å². The zero-order chi connectivity index (χ0) is 20.3. The van der Waals surface area contributed by atoms with Crippen molar-refractivity contribution in [3.05, 3.63) is 59.9 Å². The SMILES string of the molecule is NS(=O)(=O)c1ccc(CNC(=O)CN2CCN(c3ccccc3F)C2=O)cc1. The summed E-state index contributed by atoms with van der Waals surface area (Å²) in [6.07, 6.45) is 0. The Morgan fingerprint density at radius 2 is 1.79 bits per heavy atom. The van der Waals surface area contributed by atoms with E-state index in [9.17, 15) is 22.4 Å². The van der Waals surface area contributed by atoms with E-state index in [0.29, 0.717) is 18.7 Å². The van der Waals surface area contributed by atoms with Gasteiger partial charge in [-0.05, 0) is 29.8 Å². The zero-order valence-corrected chi connectivity index (χ0v) is 15.7. The number of halogens is 1. The summed E-state index contributed by atoms with van der Waals surface area (Å²) < 4.78 is 36.3. The number of nitrogens with one attached hydrogen (secondary N) is 1. The van der Waals surface area contributed by atoms with Crippen LogP contribution in [-0.4, -0.2) is 44.9 Å². The van der Waals surface area contributed by atoms with Gasteiger partial charge in [0.15, 0.2) is 0 Å². The molecule has 0 saturated carbocycles. The maximum absolute atomic E-state index is 13.9. The first-order chi connectivity index (χ1) is 13.3. The summed E-state index contributed by atoms with van der Waals surface area (Å²) >= 11 is 0. The average Bonchev–Trinajstić information content (AvgIpc) is 3.00. The summed E-state index contributed by atoms with van der Waals surface area (Å²) in [4.78, 5) is 27.2. The van der Waals surface area contributed by atoms with Crippen molar-refractivity contribution in [3.8, 4) is 0 Å². The normalized spacial score (nSPS) is 14.4. The molecule has 2 aromatic carbocycles. The lowest BCUT2D eigenvalue weighted by atomic mass is 10.2. The number of para-hydroxylation sites is 1. The van der Waals surface area contributed by atoms with Crippen LogP contribution in [0.3, 0.4) is 0 Å². The highest BCUT2D eigenvalue weighted by molar-refractivity contribution is 7.89. The fraction of sp³-hybridized carbons (Fsp3) is 0.222. The van der Waals surface area contributed by atoms with Crippen LogP contribution in [0.1, 0.15) is 5.56 Å². The number of amides is 3. The Kier molecular flexibility index (Phi) is 5.61. The van der Waals surface area contributed by atoms with E-state index in [1.54, 1.807) is 24.3 Å². The zero-order valence-electron chi connectivity index (χ0n) is 14.8. The largest absolute Gasteiger partial charge is 0.350 e. The number of nitrogens with zero attached hydrogens (tertiary/aromatic N) is 2. The smallest absolute Gasteiger partial charge is 0.325 e. The third kappa shape index (κ3) is 4.46. The second-order valence-corrected chi connectivity index (χ2v) is 7.83. The molecule has 148 valence electrons. The third-order valence-corrected chi connectivity index (χ3v) is 5.24. The lowest BCUT2D eigenvalue weighted by Gasteiger charge is -2.18. The highest BCUT2D eigenvalue weighted by Crippen LogP contribution is 2.23. The molecule has 1 aliphatic rings. The second kappa shape index (κ2) is 7.95. The lowest BCUT2D eigenvalue weighted by molar-refractivity contribution is -0.121. The molecule has 3 rings (SSSR count). The summed E-state index contributed by atoms with van der Waals surface area (Å²) in [7, 11) is -3.77. The average molecular weight is 406 g/mol. The Labute approximate surface area is 161 Å². The lowest BCUT2D eigenvalue weighted by Crippen LogP contribution is -2.39. The molecule has 0 radical (unpaired) electrons. The van der Waals surface area contributed by atoms with Gasteiger partial charge in [-0.3, -0.25) is 9.69 Å². The van der Waals surface area contributed by atoms with Gasteiger partial charge >= 0.3 is 6.03 Å². The minimum absolute atomic E-state index is 0.0153. The maximum atomic E-state index is 13.9. The molecule has 0 bridgehead atoms. The fourth-order valence-corrected chi connectivity index (χ4v) is 3.37. The number of rotatable bonds is 6. The Balaban J connectivity index is 1.54. The van der Waals surface area contributed by atoms with Gasteiger partial charge in [-0.1, -0.05) is 24.3 Å². The van der Waals surface area contributed by atoms with Crippen LogP contribution in [0.2, 0.25) is 0 Å². The van der Waals surface area contributed by atoms with Crippen LogP contribution < -0.4 is 15.4 Å². The van der Waals surface area contributed by atoms with E-state index in [1.165, 1.54) is 34.1 Å². The van der Waals surface area contributed by atoms with Crippen molar-refractivity contribution < 1.29 is 22.4 Å². The number of carbonyl (C=O) groups excluding carboxylic acids is 2. The molecular weight excluding hydrogens is 387 g/mol. The van der Waals surface area contributed by atoms with E-state index >= 15 is 0 Å². The van der Waals surface area contributed by atoms with Gasteiger partial charge in [0.05, 0.1) is 10.6 Å². The molecule has 0 aromatic heterocycles. The molecule has 0 unspecified atom stereocenters. The second-order valence-electron chi connectivity index (χ2n) is 6.27. The van der Waals surface area contributed by atoms with Crippen LogP contribution in [0.4, 0.5) is 14.9 Å². The number of hydrogen-bond donors (Lipinski definition) is 2. The molecular formula is C18H19FN4O4S. The Bertz CT molecular complexity index is 995. The minimum Gasteiger partial charge on any atom is -0.350 e. The number of benzene rings is 2. The van der Waals surface area contributed by atoms with Gasteiger partial charge in [0.25, 0.3) is 0 Å². The topological polar surface area (TPSA) is 113 Å². The molecule has 0 atom stereocenters. The first kappa shape index (κ1) is 19.8. The van der Waals surface area contributed by atoms with Gasteiger partial charge in [0.1, 0.15) is 12.4 Å². The number of sulfonamides is 1. The molecule has 10 heteroatoms. The van der Waals surface area contributed by atoms with Crippen LogP contribution in [0.25, 0.3) is 0 Å². The van der Waals surface area contributed by atoms with Crippen molar-refractivity contribution in [2.24, 2.45) is 5.14 Å². The van der Waals surface area contributed by atoms with E-state index in [2.05, 4.69) is 5.32 Å². The van der Waals surface area contributed by atoms with E-state index in [-0.39, 0.29) is 29.6 Å². The Hall–Kier alpha value is -2.98. The number of anilines is 1. The Morgan fingerprint density at radius 1 is 1.11 bits per heavy atom. The molecule has 0 spiro atoms. The van der Waals surface area contributed by atoms with Crippen molar-refractivity contribution in [2.45, 2.75) is 11.4 Å². The third-order valence-electron chi connectivity index (χ3n) is 4.31. The summed E-state index contributed by atoms with van der Waals surface area (Å²) in [5.74, 6) is -0.871. The number of primary sulfonamides is 1. The molecule has 3 amide bonds. The molecule has 8 nitrogen and oxygen atoms in total. The molecule has 28 heavy (non-hydrogen) atoms. The van der Waals surface area contributed by atoms with Gasteiger partial charge in [0.2, 0.25) is 15.9 Å². The van der Waals surface area contributed by atoms with Crippen LogP contribution in [-0.2, 0) is 21.4 Å². The molecule has 1 saturated heterocycles. The summed E-state index contributed by atoms with van der Waals surface area (Å²) in [5, 5.41) is 7.70. The van der Waals surface area contributed by atoms with Gasteiger partial charge in [-0.25, -0.2) is 22.7 Å². The van der Waals surface area contributed by atoms with Crippen LogP contribution in [0.5, 0.6) is 0 Å². The quantitative estimate of drug-likeness (QED) is 0.746. The van der Waals surface area contributed by atoms with E-state index in [1.807, 2.05) is 0 Å². The van der Waals surface area contributed by atoms with Crippen LogP contribution >= 0.6 is 0 Å². The van der Waals surface area contributed by atoms with Crippen LogP contribution in [0.15, 0.2) is 53.4 Å². The molecule has 1 fully saturated rings. The van der Waals surface area contributed by atoms with E-state index in [0.717, 1.165) is 0 Å². The maximum Gasteiger partial charge on any atom is 0.325 e. The molecule has 1 aliphatic heterocycles. The van der Waals surface area contributed by atoms with Crippen molar-refractivity contribution in [1.82, 2.24) is 10.2 Å². The number of hydrogen-bond acceptors (Lipinski definition) is 4. The van der Waals surface area contributed by atoms with E-state index < -0.39 is 21.9 Å². The van der Waals surface area contributed by atoms with E-state index in [4.69, 9.17) is 5.14 Å². The first-order valence-electron chi connectivity index (χ1n) is 8.45. The summed E-state index contributed by atoms with van der Waals surface area (Å²) in [5.41, 5.74) is 0.867. The first-order valence-corrected chi connectivity index (χ1v) is 10.00. The van der Waals surface area contributed by atoms with Gasteiger partial charge in [-0.15, -0.1) is 0 Å². The van der Waals surface area contributed by atoms with Crippen molar-refractivity contribution >= 4 is 27.6 Å². The van der Waals surface area contributed by atoms with Crippen LogP contribution in [0, 0.1) is 5.82 Å². The fourth-order valence-electron chi connectivity index (χ4n) is 2.85. The molecule has 0 aliphatic carbocycles. The van der Waals surface area contributed by atoms with Gasteiger partial charge in [-0.2, -0.15) is 0 Å². The molecule has 2 aromatic rings. The Morgan fingerprint density at radius 3 is 2.43 bits per heavy atom. The predicted molar refractivity (Wildman–Crippen MR) is 100 cm³/mol. The highest BCUT2D eigenvalue weighted by atomic mass is 32.2. The van der Waals surface area contributed by atoms with Gasteiger partial charge in [0, 0.05) is 19.6 Å². The standard InChI is InChI=1S/C18H19FN4O4S/c19-15-3-1-2-4-16(15)23-10-9-22(18(23)25)12-17(24)21-11-13-5-7-14(8-6-13)28(20,26)27/h1-8H,9-12H2,(H,21,24)(H2,20,26,27). The highest BCUT2D eigenvalue weighted by Gasteiger charge is 2.32. The monoisotopic (exact) mass is 406 g/mol. The van der Waals surface area contributed by atoms with Crippen molar-refractivity contribution in [3.63, 3.8) is 0 Å². The number of carbonyl (C=O) groups is 2. The summed E-state index contributed by atoms with van der Waals surface area (Å²) in [6.45, 7) is 0.619. The summed E-state index contributed by atoms with van der Waals surface area (Å²) in [6, 6.07) is 11.3. The predicted octanol–water partition coefficient (Wildman–Crippen LogP) is 1.03. The number of nitrogens with two attached hydrogens (primary N) is 1. The minimum atomic E-state index is -3.77. The van der Waals surface area contributed by atoms with Gasteiger partial charge < -0.3 is 10.2 Å². The number of urea groups is 1. The van der Waals surface area contributed by atoms with Crippen molar-refractivity contribution in [2.75, 3.05) is 24.5 Å².